The maximum atomic E-state index is 12.7. The Morgan fingerprint density at radius 1 is 1.18 bits per heavy atom. The number of thioether (sulfide) groups is 1. The van der Waals surface area contributed by atoms with Crippen molar-refractivity contribution in [2.45, 2.75) is 11.9 Å². The van der Waals surface area contributed by atoms with Gasteiger partial charge < -0.3 is 19.9 Å². The van der Waals surface area contributed by atoms with Crippen LogP contribution in [-0.2, 0) is 9.59 Å². The highest BCUT2D eigenvalue weighted by atomic mass is 32.2. The lowest BCUT2D eigenvalue weighted by Crippen LogP contribution is -2.44. The van der Waals surface area contributed by atoms with E-state index in [2.05, 4.69) is 32.1 Å². The Kier molecular flexibility index (Phi) is 7.67. The molecule has 2 aliphatic rings. The Balaban J connectivity index is 1.41. The number of anilines is 4. The molecule has 12 nitrogen and oxygen atoms in total. The van der Waals surface area contributed by atoms with Crippen LogP contribution in [0.15, 0.2) is 58.6 Å². The summed E-state index contributed by atoms with van der Waals surface area (Å²) in [5.74, 6) is -0.369. The number of methoxy groups -OCH3 is 1. The van der Waals surface area contributed by atoms with Crippen molar-refractivity contribution in [1.29, 1.82) is 0 Å². The zero-order chi connectivity index (χ0) is 28.4. The summed E-state index contributed by atoms with van der Waals surface area (Å²) in [5, 5.41) is 14.6. The Labute approximate surface area is 234 Å². The molecule has 0 atom stereocenters. The fourth-order valence-electron chi connectivity index (χ4n) is 4.46. The summed E-state index contributed by atoms with van der Waals surface area (Å²) in [6, 6.07) is 12.1. The molecule has 2 aliphatic heterocycles. The number of amides is 2. The van der Waals surface area contributed by atoms with Crippen molar-refractivity contribution in [3.8, 4) is 5.75 Å². The Bertz CT molecular complexity index is 1500. The van der Waals surface area contributed by atoms with E-state index in [-0.39, 0.29) is 28.2 Å². The van der Waals surface area contributed by atoms with E-state index in [9.17, 15) is 19.7 Å². The van der Waals surface area contributed by atoms with Crippen LogP contribution in [-0.4, -0.2) is 71.9 Å². The lowest BCUT2D eigenvalue weighted by Gasteiger charge is -2.34. The molecule has 1 fully saturated rings. The van der Waals surface area contributed by atoms with Crippen LogP contribution in [0.4, 0.5) is 28.7 Å². The molecule has 0 aliphatic carbocycles. The molecular weight excluding hydrogens is 534 g/mol. The maximum absolute atomic E-state index is 12.7. The number of aromatic nitrogens is 2. The average Bonchev–Trinajstić information content (AvgIpc) is 2.94. The number of nitro benzene ring substituents is 1. The maximum Gasteiger partial charge on any atom is 0.311 e. The van der Waals surface area contributed by atoms with E-state index in [0.29, 0.717) is 22.0 Å². The first kappa shape index (κ1) is 27.1. The minimum atomic E-state index is -0.544. The van der Waals surface area contributed by atoms with Gasteiger partial charge >= 0.3 is 5.69 Å². The number of piperazine rings is 1. The smallest absolute Gasteiger partial charge is 0.311 e. The van der Waals surface area contributed by atoms with E-state index in [1.807, 2.05) is 24.3 Å². The number of ether oxygens (including phenoxy) is 1. The van der Waals surface area contributed by atoms with Crippen LogP contribution in [0.25, 0.3) is 6.08 Å². The molecule has 2 aromatic carbocycles. The van der Waals surface area contributed by atoms with E-state index in [1.54, 1.807) is 6.07 Å². The molecule has 0 radical (unpaired) electrons. The number of carbonyl (C=O) groups excluding carboxylic acids is 2. The molecular formula is C27H27N7O5S. The molecule has 40 heavy (non-hydrogen) atoms. The fourth-order valence-corrected chi connectivity index (χ4v) is 5.35. The third-order valence-electron chi connectivity index (χ3n) is 6.61. The lowest BCUT2D eigenvalue weighted by molar-refractivity contribution is -0.385. The third kappa shape index (κ3) is 5.60. The molecule has 1 N–H and O–H groups in total. The normalized spacial score (nSPS) is 16.3. The predicted octanol–water partition coefficient (Wildman–Crippen LogP) is 3.92. The molecule has 1 aromatic heterocycles. The SMILES string of the molecule is COc1ccc(/C=C2/Sc3nc(N(C(C)=O)c4ccc(N5CCN(C)CC5)cc4)ncc3NC2=O)cc1[N+](=O)[O-]. The highest BCUT2D eigenvalue weighted by molar-refractivity contribution is 8.04. The molecule has 0 saturated carbocycles. The van der Waals surface area contributed by atoms with E-state index >= 15 is 0 Å². The monoisotopic (exact) mass is 561 g/mol. The van der Waals surface area contributed by atoms with Crippen molar-refractivity contribution >= 4 is 58.4 Å². The predicted molar refractivity (Wildman–Crippen MR) is 153 cm³/mol. The molecule has 1 saturated heterocycles. The topological polar surface area (TPSA) is 134 Å². The quantitative estimate of drug-likeness (QED) is 0.204. The second-order valence-electron chi connectivity index (χ2n) is 9.30. The lowest BCUT2D eigenvalue weighted by atomic mass is 10.1. The zero-order valence-electron chi connectivity index (χ0n) is 22.2. The summed E-state index contributed by atoms with van der Waals surface area (Å²) in [6.07, 6.45) is 3.00. The Morgan fingerprint density at radius 2 is 1.90 bits per heavy atom. The van der Waals surface area contributed by atoms with Crippen molar-refractivity contribution in [3.63, 3.8) is 0 Å². The second kappa shape index (κ2) is 11.3. The van der Waals surface area contributed by atoms with Gasteiger partial charge in [-0.2, -0.15) is 0 Å². The van der Waals surface area contributed by atoms with E-state index < -0.39 is 10.8 Å². The molecule has 0 bridgehead atoms. The molecule has 3 aromatic rings. The standard InChI is InChI=1S/C27H27N7O5S/c1-17(35)33(20-7-5-19(6-8-20)32-12-10-31(2)11-13-32)27-28-16-21-26(30-27)40-24(25(36)29-21)15-18-4-9-23(39-3)22(14-18)34(37)38/h4-9,14-16H,10-13H2,1-3H3,(H,29,36)/b24-15+. The van der Waals surface area contributed by atoms with Crippen molar-refractivity contribution in [1.82, 2.24) is 14.9 Å². The highest BCUT2D eigenvalue weighted by Crippen LogP contribution is 2.39. The van der Waals surface area contributed by atoms with Gasteiger partial charge in [0.2, 0.25) is 11.9 Å². The van der Waals surface area contributed by atoms with Crippen LogP contribution in [0.5, 0.6) is 5.75 Å². The van der Waals surface area contributed by atoms with Gasteiger partial charge in [0.1, 0.15) is 5.03 Å². The number of rotatable bonds is 6. The van der Waals surface area contributed by atoms with E-state index in [1.165, 1.54) is 43.3 Å². The van der Waals surface area contributed by atoms with Gasteiger partial charge in [0.05, 0.1) is 34.5 Å². The van der Waals surface area contributed by atoms with Gasteiger partial charge in [-0.05, 0) is 49.0 Å². The summed E-state index contributed by atoms with van der Waals surface area (Å²) in [6.45, 7) is 5.29. The number of benzene rings is 2. The van der Waals surface area contributed by atoms with Crippen LogP contribution in [0.3, 0.4) is 0 Å². The molecule has 0 spiro atoms. The minimum Gasteiger partial charge on any atom is -0.490 e. The van der Waals surface area contributed by atoms with Crippen LogP contribution >= 0.6 is 11.8 Å². The fraction of sp³-hybridized carbons (Fsp3) is 0.259. The van der Waals surface area contributed by atoms with Crippen LogP contribution in [0.2, 0.25) is 0 Å². The zero-order valence-corrected chi connectivity index (χ0v) is 23.0. The van der Waals surface area contributed by atoms with Gasteiger partial charge in [-0.15, -0.1) is 0 Å². The Morgan fingerprint density at radius 3 is 2.55 bits per heavy atom. The minimum absolute atomic E-state index is 0.122. The van der Waals surface area contributed by atoms with E-state index in [0.717, 1.165) is 43.6 Å². The number of nitrogens with one attached hydrogen (secondary N) is 1. The van der Waals surface area contributed by atoms with Gasteiger partial charge in [0.15, 0.2) is 5.75 Å². The summed E-state index contributed by atoms with van der Waals surface area (Å²) in [5.41, 5.74) is 2.35. The largest absolute Gasteiger partial charge is 0.490 e. The molecule has 0 unspecified atom stereocenters. The highest BCUT2D eigenvalue weighted by Gasteiger charge is 2.26. The first-order valence-electron chi connectivity index (χ1n) is 12.5. The van der Waals surface area contributed by atoms with Gasteiger partial charge in [-0.25, -0.2) is 14.9 Å². The van der Waals surface area contributed by atoms with Gasteiger partial charge in [-0.3, -0.25) is 19.7 Å². The summed E-state index contributed by atoms with van der Waals surface area (Å²) in [7, 11) is 3.46. The number of nitro groups is 1. The van der Waals surface area contributed by atoms with Crippen molar-refractivity contribution in [3.05, 3.63) is 69.2 Å². The number of fused-ring (bicyclic) bond motifs is 1. The number of hydrogen-bond donors (Lipinski definition) is 1. The van der Waals surface area contributed by atoms with Crippen LogP contribution in [0.1, 0.15) is 12.5 Å². The average molecular weight is 562 g/mol. The first-order chi connectivity index (χ1) is 19.2. The number of hydrogen-bond acceptors (Lipinski definition) is 10. The molecule has 2 amide bonds. The summed E-state index contributed by atoms with van der Waals surface area (Å²) in [4.78, 5) is 51.5. The summed E-state index contributed by atoms with van der Waals surface area (Å²) < 4.78 is 5.05. The van der Waals surface area contributed by atoms with Crippen molar-refractivity contribution in [2.75, 3.05) is 55.5 Å². The van der Waals surface area contributed by atoms with Gasteiger partial charge in [0.25, 0.3) is 5.91 Å². The van der Waals surface area contributed by atoms with Crippen LogP contribution in [0, 0.1) is 10.1 Å². The molecule has 206 valence electrons. The van der Waals surface area contributed by atoms with E-state index in [4.69, 9.17) is 4.74 Å². The summed E-state index contributed by atoms with van der Waals surface area (Å²) >= 11 is 1.09. The van der Waals surface area contributed by atoms with Crippen molar-refractivity contribution < 1.29 is 19.2 Å². The number of nitrogens with zero attached hydrogens (tertiary/aromatic N) is 6. The number of likely N-dealkylation sites (N-methyl/N-ethyl adjacent to an activating group) is 1. The third-order valence-corrected chi connectivity index (χ3v) is 7.64. The first-order valence-corrected chi connectivity index (χ1v) is 13.3. The molecule has 5 rings (SSSR count). The van der Waals surface area contributed by atoms with Gasteiger partial charge in [-0.1, -0.05) is 17.8 Å². The Hall–Kier alpha value is -4.49. The molecule has 3 heterocycles. The van der Waals surface area contributed by atoms with Crippen LogP contribution < -0.4 is 19.9 Å². The van der Waals surface area contributed by atoms with Gasteiger partial charge in [0, 0.05) is 44.9 Å². The second-order valence-corrected chi connectivity index (χ2v) is 10.3. The molecule has 13 heteroatoms. The number of carbonyl (C=O) groups is 2. The van der Waals surface area contributed by atoms with Crippen molar-refractivity contribution in [2.24, 2.45) is 0 Å².